The van der Waals surface area contributed by atoms with Gasteiger partial charge in [-0.1, -0.05) is 12.1 Å². The summed E-state index contributed by atoms with van der Waals surface area (Å²) in [7, 11) is -3.30. The van der Waals surface area contributed by atoms with E-state index in [4.69, 9.17) is 5.26 Å². The minimum Gasteiger partial charge on any atom is -0.271 e. The second kappa shape index (κ2) is 7.15. The third-order valence-corrected chi connectivity index (χ3v) is 4.80. The van der Waals surface area contributed by atoms with Gasteiger partial charge in [0.15, 0.2) is 0 Å². The van der Waals surface area contributed by atoms with Gasteiger partial charge in [-0.25, -0.2) is 8.42 Å². The number of nitrogens with zero attached hydrogens (tertiary/aromatic N) is 2. The molecule has 0 amide bonds. The Balaban J connectivity index is 2.81. The number of hydrogen-bond acceptors (Lipinski definition) is 3. The van der Waals surface area contributed by atoms with E-state index in [1.54, 1.807) is 0 Å². The van der Waals surface area contributed by atoms with Crippen molar-refractivity contribution in [3.63, 3.8) is 0 Å². The Morgan fingerprint density at radius 3 is 2.63 bits per heavy atom. The maximum absolute atomic E-state index is 12.3. The number of benzene rings is 1. The number of aryl methyl sites for hydroxylation is 1. The Hall–Kier alpha value is -1.54. The van der Waals surface area contributed by atoms with Gasteiger partial charge >= 0.3 is 0 Å². The quantitative estimate of drug-likeness (QED) is 0.721. The molecule has 0 atom stereocenters. The number of sulfonamides is 1. The van der Waals surface area contributed by atoms with Crippen LogP contribution in [-0.2, 0) is 10.0 Å². The predicted molar refractivity (Wildman–Crippen MR) is 77.4 cm³/mol. The molecule has 0 aliphatic carbocycles. The molecule has 0 bridgehead atoms. The second-order valence-corrected chi connectivity index (χ2v) is 6.45. The molecule has 0 spiro atoms. The summed E-state index contributed by atoms with van der Waals surface area (Å²) >= 11 is 0. The summed E-state index contributed by atoms with van der Waals surface area (Å²) in [6.45, 7) is 4.19. The summed E-state index contributed by atoms with van der Waals surface area (Å²) in [5, 5.41) is 8.45. The van der Waals surface area contributed by atoms with Crippen molar-refractivity contribution >= 4 is 15.7 Å². The van der Waals surface area contributed by atoms with E-state index < -0.39 is 10.0 Å². The molecular weight excluding hydrogens is 260 g/mol. The van der Waals surface area contributed by atoms with Crippen LogP contribution in [0.2, 0.25) is 0 Å². The maximum atomic E-state index is 12.3. The Labute approximate surface area is 115 Å². The highest BCUT2D eigenvalue weighted by atomic mass is 32.2. The van der Waals surface area contributed by atoms with Crippen LogP contribution in [-0.4, -0.2) is 20.7 Å². The van der Waals surface area contributed by atoms with Crippen molar-refractivity contribution in [2.24, 2.45) is 0 Å². The summed E-state index contributed by atoms with van der Waals surface area (Å²) in [4.78, 5) is 0. The molecule has 0 heterocycles. The second-order valence-electron chi connectivity index (χ2n) is 4.43. The average molecular weight is 280 g/mol. The first-order chi connectivity index (χ1) is 9.01. The van der Waals surface area contributed by atoms with Gasteiger partial charge in [-0.05, 0) is 44.4 Å². The van der Waals surface area contributed by atoms with Crippen LogP contribution >= 0.6 is 0 Å². The van der Waals surface area contributed by atoms with Crippen LogP contribution in [0.25, 0.3) is 0 Å². The Morgan fingerprint density at radius 2 is 2.05 bits per heavy atom. The topological polar surface area (TPSA) is 61.2 Å². The number of rotatable bonds is 7. The predicted octanol–water partition coefficient (Wildman–Crippen LogP) is 2.85. The minimum atomic E-state index is -3.30. The maximum Gasteiger partial charge on any atom is 0.235 e. The van der Waals surface area contributed by atoms with E-state index in [-0.39, 0.29) is 5.75 Å². The Morgan fingerprint density at radius 1 is 1.32 bits per heavy atom. The van der Waals surface area contributed by atoms with Crippen LogP contribution < -0.4 is 4.31 Å². The first-order valence-corrected chi connectivity index (χ1v) is 8.06. The smallest absolute Gasteiger partial charge is 0.235 e. The normalized spacial score (nSPS) is 11.0. The fourth-order valence-corrected chi connectivity index (χ4v) is 3.54. The van der Waals surface area contributed by atoms with Gasteiger partial charge in [0.25, 0.3) is 0 Å². The standard InChI is InChI=1S/C14H20N2O2S/c1-3-16(14-9-7-8-13(2)12-14)19(17,18)11-6-4-5-10-15/h7-9,12H,3-6,11H2,1-2H3. The molecule has 0 saturated heterocycles. The van der Waals surface area contributed by atoms with Gasteiger partial charge < -0.3 is 0 Å². The summed E-state index contributed by atoms with van der Waals surface area (Å²) < 4.78 is 26.0. The van der Waals surface area contributed by atoms with Crippen molar-refractivity contribution in [1.82, 2.24) is 0 Å². The number of unbranched alkanes of at least 4 members (excludes halogenated alkanes) is 2. The lowest BCUT2D eigenvalue weighted by atomic mass is 10.2. The van der Waals surface area contributed by atoms with Crippen molar-refractivity contribution in [2.75, 3.05) is 16.6 Å². The molecular formula is C14H20N2O2S. The largest absolute Gasteiger partial charge is 0.271 e. The van der Waals surface area contributed by atoms with Gasteiger partial charge in [0, 0.05) is 13.0 Å². The van der Waals surface area contributed by atoms with Crippen molar-refractivity contribution in [2.45, 2.75) is 33.1 Å². The fourth-order valence-electron chi connectivity index (χ4n) is 1.92. The van der Waals surface area contributed by atoms with Crippen LogP contribution in [0.4, 0.5) is 5.69 Å². The molecule has 0 aromatic heterocycles. The lowest BCUT2D eigenvalue weighted by Crippen LogP contribution is -2.32. The molecule has 19 heavy (non-hydrogen) atoms. The molecule has 0 unspecified atom stereocenters. The van der Waals surface area contributed by atoms with Crippen LogP contribution in [0.5, 0.6) is 0 Å². The van der Waals surface area contributed by atoms with Gasteiger partial charge in [-0.2, -0.15) is 5.26 Å². The molecule has 5 heteroatoms. The van der Waals surface area contributed by atoms with Crippen LogP contribution in [0.15, 0.2) is 24.3 Å². The van der Waals surface area contributed by atoms with Gasteiger partial charge in [0.1, 0.15) is 0 Å². The number of hydrogen-bond donors (Lipinski definition) is 0. The molecule has 1 rings (SSSR count). The molecule has 0 aliphatic heterocycles. The Bertz CT molecular complexity index is 547. The molecule has 0 saturated carbocycles. The van der Waals surface area contributed by atoms with Crippen LogP contribution in [0.3, 0.4) is 0 Å². The van der Waals surface area contributed by atoms with E-state index in [1.807, 2.05) is 44.2 Å². The molecule has 0 aliphatic rings. The van der Waals surface area contributed by atoms with Gasteiger partial charge in [-0.3, -0.25) is 4.31 Å². The molecule has 4 nitrogen and oxygen atoms in total. The highest BCUT2D eigenvalue weighted by Crippen LogP contribution is 2.20. The lowest BCUT2D eigenvalue weighted by molar-refractivity contribution is 0.587. The monoisotopic (exact) mass is 280 g/mol. The summed E-state index contributed by atoms with van der Waals surface area (Å²) in [6, 6.07) is 9.51. The summed E-state index contributed by atoms with van der Waals surface area (Å²) in [6.07, 6.45) is 1.56. The van der Waals surface area contributed by atoms with Gasteiger partial charge in [0.05, 0.1) is 17.5 Å². The van der Waals surface area contributed by atoms with Crippen molar-refractivity contribution in [1.29, 1.82) is 5.26 Å². The third kappa shape index (κ3) is 4.56. The Kier molecular flexibility index (Phi) is 5.84. The van der Waals surface area contributed by atoms with Crippen molar-refractivity contribution in [3.05, 3.63) is 29.8 Å². The van der Waals surface area contributed by atoms with Crippen molar-refractivity contribution in [3.8, 4) is 6.07 Å². The summed E-state index contributed by atoms with van der Waals surface area (Å²) in [5.74, 6) is 0.0937. The van der Waals surface area contributed by atoms with E-state index in [1.165, 1.54) is 4.31 Å². The zero-order chi connectivity index (χ0) is 14.3. The molecule has 1 aromatic carbocycles. The minimum absolute atomic E-state index is 0.0937. The van der Waals surface area contributed by atoms with E-state index >= 15 is 0 Å². The SMILES string of the molecule is CCN(c1cccc(C)c1)S(=O)(=O)CCCCC#N. The lowest BCUT2D eigenvalue weighted by Gasteiger charge is -2.23. The molecule has 0 N–H and O–H groups in total. The molecule has 1 aromatic rings. The zero-order valence-corrected chi connectivity index (χ0v) is 12.3. The molecule has 0 fully saturated rings. The van der Waals surface area contributed by atoms with Crippen LogP contribution in [0, 0.1) is 18.3 Å². The fraction of sp³-hybridized carbons (Fsp3) is 0.500. The summed E-state index contributed by atoms with van der Waals surface area (Å²) in [5.41, 5.74) is 1.75. The van der Waals surface area contributed by atoms with Crippen LogP contribution in [0.1, 0.15) is 31.7 Å². The van der Waals surface area contributed by atoms with E-state index in [0.717, 1.165) is 5.56 Å². The highest BCUT2D eigenvalue weighted by Gasteiger charge is 2.20. The number of anilines is 1. The average Bonchev–Trinajstić information content (AvgIpc) is 2.35. The van der Waals surface area contributed by atoms with E-state index in [0.29, 0.717) is 31.5 Å². The van der Waals surface area contributed by atoms with Crippen molar-refractivity contribution < 1.29 is 8.42 Å². The number of nitriles is 1. The highest BCUT2D eigenvalue weighted by molar-refractivity contribution is 7.92. The first-order valence-electron chi connectivity index (χ1n) is 6.45. The first kappa shape index (κ1) is 15.5. The van der Waals surface area contributed by atoms with Gasteiger partial charge in [0.2, 0.25) is 10.0 Å². The van der Waals surface area contributed by atoms with Gasteiger partial charge in [-0.15, -0.1) is 0 Å². The van der Waals surface area contributed by atoms with E-state index in [2.05, 4.69) is 0 Å². The zero-order valence-electron chi connectivity index (χ0n) is 11.5. The molecule has 0 radical (unpaired) electrons. The third-order valence-electron chi connectivity index (χ3n) is 2.85. The van der Waals surface area contributed by atoms with E-state index in [9.17, 15) is 8.42 Å². The molecule has 104 valence electrons.